The molecule has 0 spiro atoms. The summed E-state index contributed by atoms with van der Waals surface area (Å²) in [7, 11) is 0. The van der Waals surface area contributed by atoms with Crippen LogP contribution in [0.2, 0.25) is 0 Å². The van der Waals surface area contributed by atoms with Gasteiger partial charge < -0.3 is 14.8 Å². The lowest BCUT2D eigenvalue weighted by Crippen LogP contribution is -2.45. The van der Waals surface area contributed by atoms with E-state index in [1.165, 1.54) is 19.4 Å². The second-order valence-electron chi connectivity index (χ2n) is 6.81. The summed E-state index contributed by atoms with van der Waals surface area (Å²) in [5, 5.41) is 3.66. The van der Waals surface area contributed by atoms with Gasteiger partial charge in [-0.2, -0.15) is 0 Å². The van der Waals surface area contributed by atoms with Crippen molar-refractivity contribution in [2.45, 2.75) is 51.6 Å². The first-order chi connectivity index (χ1) is 10.1. The van der Waals surface area contributed by atoms with Crippen molar-refractivity contribution in [3.05, 3.63) is 24.0 Å². The van der Waals surface area contributed by atoms with Crippen LogP contribution in [0.25, 0.3) is 0 Å². The SMILES string of the molecule is CC(C)n1cccc1C(=O)N1CCC(NCC2CC2)CC1. The minimum atomic E-state index is 0.189. The average molecular weight is 289 g/mol. The summed E-state index contributed by atoms with van der Waals surface area (Å²) in [5.74, 6) is 1.12. The van der Waals surface area contributed by atoms with E-state index in [2.05, 4.69) is 23.7 Å². The first-order valence-electron chi connectivity index (χ1n) is 8.34. The lowest BCUT2D eigenvalue weighted by molar-refractivity contribution is 0.0692. The van der Waals surface area contributed by atoms with Crippen molar-refractivity contribution in [1.82, 2.24) is 14.8 Å². The molecule has 1 aromatic heterocycles. The Hall–Kier alpha value is -1.29. The standard InChI is InChI=1S/C17H27N3O/c1-13(2)20-9-3-4-16(20)17(21)19-10-7-15(8-11-19)18-12-14-5-6-14/h3-4,9,13-15,18H,5-8,10-12H2,1-2H3. The molecule has 2 fully saturated rings. The van der Waals surface area contributed by atoms with Crippen LogP contribution < -0.4 is 5.32 Å². The van der Waals surface area contributed by atoms with E-state index < -0.39 is 0 Å². The van der Waals surface area contributed by atoms with Gasteiger partial charge >= 0.3 is 0 Å². The Balaban J connectivity index is 1.53. The van der Waals surface area contributed by atoms with Crippen LogP contribution in [0.4, 0.5) is 0 Å². The number of nitrogens with one attached hydrogen (secondary N) is 1. The quantitative estimate of drug-likeness (QED) is 0.905. The van der Waals surface area contributed by atoms with Gasteiger partial charge in [0.1, 0.15) is 5.69 Å². The third kappa shape index (κ3) is 3.49. The highest BCUT2D eigenvalue weighted by molar-refractivity contribution is 5.92. The van der Waals surface area contributed by atoms with Crippen LogP contribution in [0.3, 0.4) is 0 Å². The van der Waals surface area contributed by atoms with Gasteiger partial charge in [0.25, 0.3) is 5.91 Å². The van der Waals surface area contributed by atoms with Gasteiger partial charge in [-0.3, -0.25) is 4.79 Å². The van der Waals surface area contributed by atoms with Gasteiger partial charge in [-0.1, -0.05) is 0 Å². The van der Waals surface area contributed by atoms with Gasteiger partial charge in [0.05, 0.1) is 0 Å². The molecule has 2 heterocycles. The fraction of sp³-hybridized carbons (Fsp3) is 0.706. The molecule has 1 saturated carbocycles. The largest absolute Gasteiger partial charge is 0.341 e. The molecule has 1 saturated heterocycles. The molecule has 0 atom stereocenters. The predicted octanol–water partition coefficient (Wildman–Crippen LogP) is 2.67. The molecule has 1 amide bonds. The van der Waals surface area contributed by atoms with Gasteiger partial charge in [0, 0.05) is 31.4 Å². The van der Waals surface area contributed by atoms with Gasteiger partial charge in [0.15, 0.2) is 0 Å². The second kappa shape index (κ2) is 6.22. The summed E-state index contributed by atoms with van der Waals surface area (Å²) in [4.78, 5) is 14.7. The summed E-state index contributed by atoms with van der Waals surface area (Å²) in [6.07, 6.45) is 6.97. The Kier molecular flexibility index (Phi) is 4.34. The first kappa shape index (κ1) is 14.6. The van der Waals surface area contributed by atoms with Crippen LogP contribution in [0.1, 0.15) is 56.1 Å². The molecule has 0 unspecified atom stereocenters. The number of hydrogen-bond donors (Lipinski definition) is 1. The molecule has 2 aliphatic rings. The molecular formula is C17H27N3O. The predicted molar refractivity (Wildman–Crippen MR) is 84.5 cm³/mol. The lowest BCUT2D eigenvalue weighted by atomic mass is 10.0. The van der Waals surface area contributed by atoms with Gasteiger partial charge in [-0.05, 0) is 64.1 Å². The number of likely N-dealkylation sites (tertiary alicyclic amines) is 1. The summed E-state index contributed by atoms with van der Waals surface area (Å²) in [6.45, 7) is 7.17. The molecule has 1 N–H and O–H groups in total. The molecule has 0 aromatic carbocycles. The number of rotatable bonds is 5. The molecule has 4 heteroatoms. The number of hydrogen-bond acceptors (Lipinski definition) is 2. The normalized spacial score (nSPS) is 20.2. The third-order valence-corrected chi connectivity index (χ3v) is 4.73. The van der Waals surface area contributed by atoms with Gasteiger partial charge in [0.2, 0.25) is 0 Å². The molecule has 3 rings (SSSR count). The van der Waals surface area contributed by atoms with E-state index in [-0.39, 0.29) is 5.91 Å². The summed E-state index contributed by atoms with van der Waals surface area (Å²) in [5.41, 5.74) is 0.828. The highest BCUT2D eigenvalue weighted by Gasteiger charge is 2.27. The van der Waals surface area contributed by atoms with E-state index in [0.29, 0.717) is 12.1 Å². The summed E-state index contributed by atoms with van der Waals surface area (Å²) < 4.78 is 2.07. The molecule has 1 aliphatic carbocycles. The van der Waals surface area contributed by atoms with Crippen LogP contribution >= 0.6 is 0 Å². The zero-order chi connectivity index (χ0) is 14.8. The van der Waals surface area contributed by atoms with Crippen molar-refractivity contribution in [3.8, 4) is 0 Å². The second-order valence-corrected chi connectivity index (χ2v) is 6.81. The maximum Gasteiger partial charge on any atom is 0.270 e. The van der Waals surface area contributed by atoms with E-state index >= 15 is 0 Å². The Labute approximate surface area is 127 Å². The molecule has 21 heavy (non-hydrogen) atoms. The van der Waals surface area contributed by atoms with Crippen LogP contribution in [0, 0.1) is 5.92 Å². The fourth-order valence-electron chi connectivity index (χ4n) is 3.13. The highest BCUT2D eigenvalue weighted by Crippen LogP contribution is 2.28. The van der Waals surface area contributed by atoms with Crippen molar-refractivity contribution in [1.29, 1.82) is 0 Å². The van der Waals surface area contributed by atoms with Gasteiger partial charge in [-0.25, -0.2) is 0 Å². The summed E-state index contributed by atoms with van der Waals surface area (Å²) >= 11 is 0. The van der Waals surface area contributed by atoms with Crippen molar-refractivity contribution in [2.24, 2.45) is 5.92 Å². The van der Waals surface area contributed by atoms with E-state index in [4.69, 9.17) is 0 Å². The van der Waals surface area contributed by atoms with Crippen molar-refractivity contribution in [2.75, 3.05) is 19.6 Å². The van der Waals surface area contributed by atoms with Gasteiger partial charge in [-0.15, -0.1) is 0 Å². The molecule has 0 radical (unpaired) electrons. The average Bonchev–Trinajstić information content (AvgIpc) is 3.18. The van der Waals surface area contributed by atoms with E-state index in [9.17, 15) is 4.79 Å². The maximum absolute atomic E-state index is 12.7. The van der Waals surface area contributed by atoms with E-state index in [0.717, 1.165) is 37.5 Å². The zero-order valence-corrected chi connectivity index (χ0v) is 13.2. The minimum Gasteiger partial charge on any atom is -0.341 e. The fourth-order valence-corrected chi connectivity index (χ4v) is 3.13. The topological polar surface area (TPSA) is 37.3 Å². The Morgan fingerprint density at radius 2 is 2.00 bits per heavy atom. The maximum atomic E-state index is 12.7. The number of piperidine rings is 1. The molecular weight excluding hydrogens is 262 g/mol. The molecule has 0 bridgehead atoms. The summed E-state index contributed by atoms with van der Waals surface area (Å²) in [6, 6.07) is 4.85. The molecule has 1 aromatic rings. The van der Waals surface area contributed by atoms with Crippen LogP contribution in [0.15, 0.2) is 18.3 Å². The monoisotopic (exact) mass is 289 g/mol. The number of amides is 1. The Morgan fingerprint density at radius 3 is 2.62 bits per heavy atom. The first-order valence-corrected chi connectivity index (χ1v) is 8.34. The van der Waals surface area contributed by atoms with Crippen LogP contribution in [-0.4, -0.2) is 41.1 Å². The third-order valence-electron chi connectivity index (χ3n) is 4.73. The highest BCUT2D eigenvalue weighted by atomic mass is 16.2. The Morgan fingerprint density at radius 1 is 1.29 bits per heavy atom. The number of carbonyl (C=O) groups excluding carboxylic acids is 1. The van der Waals surface area contributed by atoms with E-state index in [1.807, 2.05) is 23.2 Å². The minimum absolute atomic E-state index is 0.189. The smallest absolute Gasteiger partial charge is 0.270 e. The molecule has 116 valence electrons. The van der Waals surface area contributed by atoms with Crippen LogP contribution in [-0.2, 0) is 0 Å². The van der Waals surface area contributed by atoms with Crippen molar-refractivity contribution < 1.29 is 4.79 Å². The van der Waals surface area contributed by atoms with E-state index in [1.54, 1.807) is 0 Å². The lowest BCUT2D eigenvalue weighted by Gasteiger charge is -2.33. The van der Waals surface area contributed by atoms with Crippen molar-refractivity contribution in [3.63, 3.8) is 0 Å². The zero-order valence-electron chi connectivity index (χ0n) is 13.2. The van der Waals surface area contributed by atoms with Crippen molar-refractivity contribution >= 4 is 5.91 Å². The Bertz CT molecular complexity index is 482. The van der Waals surface area contributed by atoms with Crippen LogP contribution in [0.5, 0.6) is 0 Å². The molecule has 4 nitrogen and oxygen atoms in total. The number of carbonyl (C=O) groups is 1. The number of aromatic nitrogens is 1. The number of nitrogens with zero attached hydrogens (tertiary/aromatic N) is 2. The molecule has 1 aliphatic heterocycles.